The summed E-state index contributed by atoms with van der Waals surface area (Å²) in [6, 6.07) is 9.20. The second-order valence-corrected chi connectivity index (χ2v) is 5.93. The number of benzene rings is 2. The molecule has 0 unspecified atom stereocenters. The molecular weight excluding hydrogens is 388 g/mol. The lowest BCUT2D eigenvalue weighted by atomic mass is 10.2. The molecule has 0 aromatic heterocycles. The van der Waals surface area contributed by atoms with Crippen LogP contribution in [0.4, 0.5) is 11.4 Å². The number of hydrogen-bond acceptors (Lipinski definition) is 4. The number of nitro groups is 1. The molecule has 0 heterocycles. The largest absolute Gasteiger partial charge is 0.482 e. The van der Waals surface area contributed by atoms with E-state index in [0.717, 1.165) is 10.0 Å². The molecule has 8 heteroatoms. The number of hydrogen-bond donors (Lipinski definition) is 1. The van der Waals surface area contributed by atoms with Gasteiger partial charge in [0.25, 0.3) is 11.6 Å². The van der Waals surface area contributed by atoms with Crippen LogP contribution in [-0.2, 0) is 4.79 Å². The summed E-state index contributed by atoms with van der Waals surface area (Å²) in [4.78, 5) is 21.9. The highest BCUT2D eigenvalue weighted by atomic mass is 79.9. The number of ether oxygens (including phenoxy) is 1. The first kappa shape index (κ1) is 17.2. The van der Waals surface area contributed by atoms with E-state index in [-0.39, 0.29) is 29.0 Å². The van der Waals surface area contributed by atoms with Crippen molar-refractivity contribution in [3.05, 3.63) is 61.6 Å². The first-order valence-corrected chi connectivity index (χ1v) is 7.66. The number of non-ortho nitro benzene ring substituents is 1. The molecule has 6 nitrogen and oxygen atoms in total. The Hall–Kier alpha value is -2.12. The Bertz CT molecular complexity index is 767. The number of nitrogens with zero attached hydrogens (tertiary/aromatic N) is 1. The average Bonchev–Trinajstić information content (AvgIpc) is 2.49. The van der Waals surface area contributed by atoms with Gasteiger partial charge in [0.15, 0.2) is 6.61 Å². The number of aryl methyl sites for hydroxylation is 1. The summed E-state index contributed by atoms with van der Waals surface area (Å²) in [6.45, 7) is 1.65. The molecule has 2 aromatic rings. The number of halogens is 2. The molecule has 0 spiro atoms. The van der Waals surface area contributed by atoms with Gasteiger partial charge < -0.3 is 10.1 Å². The van der Waals surface area contributed by atoms with Crippen LogP contribution in [0.5, 0.6) is 5.75 Å². The summed E-state index contributed by atoms with van der Waals surface area (Å²) in [5.74, 6) is -0.152. The molecule has 2 rings (SSSR count). The fraction of sp³-hybridized carbons (Fsp3) is 0.133. The lowest BCUT2D eigenvalue weighted by Crippen LogP contribution is -2.20. The van der Waals surface area contributed by atoms with Gasteiger partial charge >= 0.3 is 0 Å². The Morgan fingerprint density at radius 3 is 2.70 bits per heavy atom. The normalized spacial score (nSPS) is 10.2. The minimum absolute atomic E-state index is 0.0755. The zero-order valence-electron chi connectivity index (χ0n) is 12.0. The predicted molar refractivity (Wildman–Crippen MR) is 91.1 cm³/mol. The van der Waals surface area contributed by atoms with Crippen molar-refractivity contribution in [3.63, 3.8) is 0 Å². The Morgan fingerprint density at radius 1 is 1.35 bits per heavy atom. The standard InChI is InChI=1S/C15H12BrClN2O4/c1-9-6-10(2-4-12(9)16)18-15(20)8-23-14-5-3-11(19(21)22)7-13(14)17/h2-7H,8H2,1H3,(H,18,20). The molecule has 1 amide bonds. The maximum atomic E-state index is 11.9. The molecule has 1 N–H and O–H groups in total. The minimum atomic E-state index is -0.557. The zero-order valence-corrected chi connectivity index (χ0v) is 14.3. The topological polar surface area (TPSA) is 81.5 Å². The van der Waals surface area contributed by atoms with Crippen molar-refractivity contribution in [2.45, 2.75) is 6.92 Å². The lowest BCUT2D eigenvalue weighted by Gasteiger charge is -2.09. The average molecular weight is 400 g/mol. The van der Waals surface area contributed by atoms with Crippen LogP contribution in [-0.4, -0.2) is 17.4 Å². The summed E-state index contributed by atoms with van der Waals surface area (Å²) in [5.41, 5.74) is 1.49. The smallest absolute Gasteiger partial charge is 0.271 e. The SMILES string of the molecule is Cc1cc(NC(=O)COc2ccc([N+](=O)[O-])cc2Cl)ccc1Br. The summed E-state index contributed by atoms with van der Waals surface area (Å²) in [5, 5.41) is 13.4. The third-order valence-corrected chi connectivity index (χ3v) is 4.11. The van der Waals surface area contributed by atoms with E-state index >= 15 is 0 Å². The van der Waals surface area contributed by atoms with Gasteiger partial charge in [-0.05, 0) is 36.8 Å². The highest BCUT2D eigenvalue weighted by Gasteiger charge is 2.12. The molecule has 2 aromatic carbocycles. The van der Waals surface area contributed by atoms with Crippen LogP contribution in [0.2, 0.25) is 5.02 Å². The molecular formula is C15H12BrClN2O4. The van der Waals surface area contributed by atoms with Crippen LogP contribution in [0, 0.1) is 17.0 Å². The van der Waals surface area contributed by atoms with Gasteiger partial charge in [0.1, 0.15) is 5.75 Å². The predicted octanol–water partition coefficient (Wildman–Crippen LogP) is 4.34. The second kappa shape index (κ2) is 7.43. The van der Waals surface area contributed by atoms with E-state index < -0.39 is 4.92 Å². The summed E-state index contributed by atoms with van der Waals surface area (Å²) in [6.07, 6.45) is 0. The molecule has 0 bridgehead atoms. The van der Waals surface area contributed by atoms with Crippen LogP contribution < -0.4 is 10.1 Å². The molecule has 0 saturated carbocycles. The van der Waals surface area contributed by atoms with E-state index in [4.69, 9.17) is 16.3 Å². The fourth-order valence-electron chi connectivity index (χ4n) is 1.78. The van der Waals surface area contributed by atoms with Gasteiger partial charge in [0.2, 0.25) is 0 Å². The van der Waals surface area contributed by atoms with E-state index in [0.29, 0.717) is 5.69 Å². The monoisotopic (exact) mass is 398 g/mol. The molecule has 0 aliphatic carbocycles. The van der Waals surface area contributed by atoms with Crippen LogP contribution in [0.3, 0.4) is 0 Å². The van der Waals surface area contributed by atoms with Crippen molar-refractivity contribution in [1.82, 2.24) is 0 Å². The highest BCUT2D eigenvalue weighted by molar-refractivity contribution is 9.10. The maximum absolute atomic E-state index is 11.9. The van der Waals surface area contributed by atoms with Gasteiger partial charge in [-0.2, -0.15) is 0 Å². The Kier molecular flexibility index (Phi) is 5.57. The molecule has 23 heavy (non-hydrogen) atoms. The van der Waals surface area contributed by atoms with Crippen LogP contribution >= 0.6 is 27.5 Å². The van der Waals surface area contributed by atoms with E-state index in [1.54, 1.807) is 6.07 Å². The molecule has 0 saturated heterocycles. The van der Waals surface area contributed by atoms with Gasteiger partial charge in [0, 0.05) is 22.3 Å². The summed E-state index contributed by atoms with van der Waals surface area (Å²) in [7, 11) is 0. The first-order valence-electron chi connectivity index (χ1n) is 6.49. The molecule has 0 aliphatic rings. The quantitative estimate of drug-likeness (QED) is 0.599. The number of carbonyl (C=O) groups is 1. The third kappa shape index (κ3) is 4.67. The van der Waals surface area contributed by atoms with Gasteiger partial charge in [-0.3, -0.25) is 14.9 Å². The Labute approximate surface area is 145 Å². The molecule has 0 atom stereocenters. The summed E-state index contributed by atoms with van der Waals surface area (Å²) >= 11 is 9.27. The van der Waals surface area contributed by atoms with Gasteiger partial charge in [-0.1, -0.05) is 27.5 Å². The van der Waals surface area contributed by atoms with E-state index in [1.165, 1.54) is 18.2 Å². The van der Waals surface area contributed by atoms with E-state index in [2.05, 4.69) is 21.2 Å². The molecule has 0 radical (unpaired) electrons. The number of carbonyl (C=O) groups excluding carboxylic acids is 1. The number of amides is 1. The highest BCUT2D eigenvalue weighted by Crippen LogP contribution is 2.28. The van der Waals surface area contributed by atoms with E-state index in [9.17, 15) is 14.9 Å². The van der Waals surface area contributed by atoms with Gasteiger partial charge in [-0.15, -0.1) is 0 Å². The Morgan fingerprint density at radius 2 is 2.09 bits per heavy atom. The van der Waals surface area contributed by atoms with Crippen molar-refractivity contribution in [1.29, 1.82) is 0 Å². The zero-order chi connectivity index (χ0) is 17.0. The molecule has 120 valence electrons. The van der Waals surface area contributed by atoms with Crippen molar-refractivity contribution in [2.75, 3.05) is 11.9 Å². The van der Waals surface area contributed by atoms with Crippen molar-refractivity contribution >= 4 is 44.8 Å². The number of anilines is 1. The third-order valence-electron chi connectivity index (χ3n) is 2.93. The van der Waals surface area contributed by atoms with Crippen LogP contribution in [0.1, 0.15) is 5.56 Å². The fourth-order valence-corrected chi connectivity index (χ4v) is 2.26. The van der Waals surface area contributed by atoms with Crippen molar-refractivity contribution < 1.29 is 14.5 Å². The van der Waals surface area contributed by atoms with Crippen LogP contribution in [0.25, 0.3) is 0 Å². The second-order valence-electron chi connectivity index (χ2n) is 4.67. The minimum Gasteiger partial charge on any atom is -0.482 e. The number of nitro benzene ring substituents is 1. The van der Waals surface area contributed by atoms with Crippen molar-refractivity contribution in [3.8, 4) is 5.75 Å². The molecule has 0 fully saturated rings. The van der Waals surface area contributed by atoms with Gasteiger partial charge in [0.05, 0.1) is 9.95 Å². The molecule has 0 aliphatic heterocycles. The number of rotatable bonds is 5. The van der Waals surface area contributed by atoms with Gasteiger partial charge in [-0.25, -0.2) is 0 Å². The van der Waals surface area contributed by atoms with Crippen molar-refractivity contribution in [2.24, 2.45) is 0 Å². The maximum Gasteiger partial charge on any atom is 0.271 e. The first-order chi connectivity index (χ1) is 10.9. The van der Waals surface area contributed by atoms with Crippen LogP contribution in [0.15, 0.2) is 40.9 Å². The lowest BCUT2D eigenvalue weighted by molar-refractivity contribution is -0.384. The Balaban J connectivity index is 1.96. The summed E-state index contributed by atoms with van der Waals surface area (Å²) < 4.78 is 6.23. The number of nitrogens with one attached hydrogen (secondary N) is 1. The van der Waals surface area contributed by atoms with E-state index in [1.807, 2.05) is 19.1 Å².